The van der Waals surface area contributed by atoms with E-state index in [1.54, 1.807) is 21.1 Å². The standard InChI is InChI=1S/C14H20O3/c1-9-12(16-5)8-7-11(13(9)17-6)14(3,4)10(2)15/h7-8H,1-6H3. The second-order valence-corrected chi connectivity index (χ2v) is 4.65. The van der Waals surface area contributed by atoms with Crippen LogP contribution in [0.4, 0.5) is 0 Å². The molecule has 0 spiro atoms. The Morgan fingerprint density at radius 3 is 2.18 bits per heavy atom. The van der Waals surface area contributed by atoms with Gasteiger partial charge in [-0.3, -0.25) is 4.79 Å². The average molecular weight is 236 g/mol. The summed E-state index contributed by atoms with van der Waals surface area (Å²) in [5.74, 6) is 1.61. The molecule has 0 saturated heterocycles. The Bertz CT molecular complexity index is 433. The predicted molar refractivity (Wildman–Crippen MR) is 68.0 cm³/mol. The van der Waals surface area contributed by atoms with Gasteiger partial charge >= 0.3 is 0 Å². The second kappa shape index (κ2) is 4.78. The Hall–Kier alpha value is -1.51. The van der Waals surface area contributed by atoms with Gasteiger partial charge in [0.05, 0.1) is 19.6 Å². The topological polar surface area (TPSA) is 35.5 Å². The van der Waals surface area contributed by atoms with Crippen LogP contribution in [0.3, 0.4) is 0 Å². The van der Waals surface area contributed by atoms with Crippen LogP contribution in [0.1, 0.15) is 31.9 Å². The van der Waals surface area contributed by atoms with Gasteiger partial charge in [0.25, 0.3) is 0 Å². The van der Waals surface area contributed by atoms with Crippen molar-refractivity contribution in [2.24, 2.45) is 0 Å². The lowest BCUT2D eigenvalue weighted by Gasteiger charge is -2.25. The van der Waals surface area contributed by atoms with Crippen molar-refractivity contribution in [1.29, 1.82) is 0 Å². The van der Waals surface area contributed by atoms with E-state index in [1.807, 2.05) is 32.9 Å². The molecule has 0 N–H and O–H groups in total. The summed E-state index contributed by atoms with van der Waals surface area (Å²) in [6.45, 7) is 7.33. The highest BCUT2D eigenvalue weighted by atomic mass is 16.5. The summed E-state index contributed by atoms with van der Waals surface area (Å²) in [4.78, 5) is 11.7. The molecule has 0 saturated carbocycles. The van der Waals surface area contributed by atoms with Crippen LogP contribution in [-0.4, -0.2) is 20.0 Å². The molecule has 0 aliphatic heterocycles. The number of ether oxygens (including phenoxy) is 2. The van der Waals surface area contributed by atoms with Gasteiger partial charge in [-0.05, 0) is 33.8 Å². The maximum atomic E-state index is 11.7. The van der Waals surface area contributed by atoms with Crippen LogP contribution in [0.15, 0.2) is 12.1 Å². The maximum absolute atomic E-state index is 11.7. The van der Waals surface area contributed by atoms with Crippen LogP contribution in [0.5, 0.6) is 11.5 Å². The zero-order chi connectivity index (χ0) is 13.2. The molecule has 3 nitrogen and oxygen atoms in total. The SMILES string of the molecule is COc1ccc(C(C)(C)C(C)=O)c(OC)c1C. The number of carbonyl (C=O) groups is 1. The summed E-state index contributed by atoms with van der Waals surface area (Å²) in [5.41, 5.74) is 1.26. The fourth-order valence-electron chi connectivity index (χ4n) is 1.84. The lowest BCUT2D eigenvalue weighted by atomic mass is 9.80. The van der Waals surface area contributed by atoms with E-state index >= 15 is 0 Å². The fraction of sp³-hybridized carbons (Fsp3) is 0.500. The van der Waals surface area contributed by atoms with E-state index in [9.17, 15) is 4.79 Å². The monoisotopic (exact) mass is 236 g/mol. The zero-order valence-corrected chi connectivity index (χ0v) is 11.4. The first kappa shape index (κ1) is 13.6. The quantitative estimate of drug-likeness (QED) is 0.806. The molecule has 0 fully saturated rings. The molecule has 0 radical (unpaired) electrons. The number of benzene rings is 1. The lowest BCUT2D eigenvalue weighted by molar-refractivity contribution is -0.121. The van der Waals surface area contributed by atoms with Crippen molar-refractivity contribution < 1.29 is 14.3 Å². The number of rotatable bonds is 4. The Kier molecular flexibility index (Phi) is 3.81. The molecule has 0 heterocycles. The number of methoxy groups -OCH3 is 2. The summed E-state index contributed by atoms with van der Waals surface area (Å²) in [6.07, 6.45) is 0. The first-order valence-electron chi connectivity index (χ1n) is 5.59. The van der Waals surface area contributed by atoms with Crippen LogP contribution < -0.4 is 9.47 Å². The van der Waals surface area contributed by atoms with Crippen LogP contribution in [0.2, 0.25) is 0 Å². The van der Waals surface area contributed by atoms with Crippen molar-refractivity contribution in [2.45, 2.75) is 33.1 Å². The van der Waals surface area contributed by atoms with E-state index in [0.29, 0.717) is 0 Å². The molecule has 94 valence electrons. The molecule has 0 aliphatic rings. The number of hydrogen-bond donors (Lipinski definition) is 0. The van der Waals surface area contributed by atoms with Gasteiger partial charge in [-0.25, -0.2) is 0 Å². The number of ketones is 1. The van der Waals surface area contributed by atoms with Crippen LogP contribution >= 0.6 is 0 Å². The van der Waals surface area contributed by atoms with Gasteiger partial charge in [0, 0.05) is 11.1 Å². The molecular formula is C14H20O3. The fourth-order valence-corrected chi connectivity index (χ4v) is 1.84. The van der Waals surface area contributed by atoms with Gasteiger partial charge in [-0.2, -0.15) is 0 Å². The normalized spacial score (nSPS) is 11.2. The molecule has 0 amide bonds. The molecule has 0 atom stereocenters. The third-order valence-corrected chi connectivity index (χ3v) is 3.33. The molecule has 0 bridgehead atoms. The maximum Gasteiger partial charge on any atom is 0.139 e. The lowest BCUT2D eigenvalue weighted by Crippen LogP contribution is -2.27. The van der Waals surface area contributed by atoms with Gasteiger partial charge in [0.2, 0.25) is 0 Å². The van der Waals surface area contributed by atoms with Crippen molar-refractivity contribution in [3.63, 3.8) is 0 Å². The minimum atomic E-state index is -0.553. The first-order valence-corrected chi connectivity index (χ1v) is 5.59. The Morgan fingerprint density at radius 1 is 1.18 bits per heavy atom. The predicted octanol–water partition coefficient (Wildman–Crippen LogP) is 2.88. The van der Waals surface area contributed by atoms with Crippen molar-refractivity contribution in [2.75, 3.05) is 14.2 Å². The highest BCUT2D eigenvalue weighted by Gasteiger charge is 2.30. The number of hydrogen-bond acceptors (Lipinski definition) is 3. The third-order valence-electron chi connectivity index (χ3n) is 3.33. The minimum Gasteiger partial charge on any atom is -0.496 e. The summed E-state index contributed by atoms with van der Waals surface area (Å²) in [7, 11) is 3.24. The van der Waals surface area contributed by atoms with Crippen LogP contribution in [0, 0.1) is 6.92 Å². The summed E-state index contributed by atoms with van der Waals surface area (Å²) in [5, 5.41) is 0. The molecule has 0 aromatic heterocycles. The first-order chi connectivity index (χ1) is 7.86. The van der Waals surface area contributed by atoms with Crippen LogP contribution in [0.25, 0.3) is 0 Å². The van der Waals surface area contributed by atoms with E-state index in [2.05, 4.69) is 0 Å². The summed E-state index contributed by atoms with van der Waals surface area (Å²) < 4.78 is 10.7. The Balaban J connectivity index is 3.46. The van der Waals surface area contributed by atoms with E-state index in [4.69, 9.17) is 9.47 Å². The van der Waals surface area contributed by atoms with Gasteiger partial charge in [0.1, 0.15) is 17.3 Å². The third kappa shape index (κ3) is 2.28. The molecule has 1 rings (SSSR count). The summed E-state index contributed by atoms with van der Waals surface area (Å²) >= 11 is 0. The van der Waals surface area contributed by atoms with Gasteiger partial charge in [-0.15, -0.1) is 0 Å². The van der Waals surface area contributed by atoms with E-state index in [1.165, 1.54) is 0 Å². The molecule has 0 aliphatic carbocycles. The van der Waals surface area contributed by atoms with Crippen LogP contribution in [-0.2, 0) is 10.2 Å². The number of Topliss-reactive ketones (excluding diaryl/α,β-unsaturated/α-hetero) is 1. The van der Waals surface area contributed by atoms with Crippen molar-refractivity contribution >= 4 is 5.78 Å². The summed E-state index contributed by atoms with van der Waals surface area (Å²) in [6, 6.07) is 3.77. The molecule has 17 heavy (non-hydrogen) atoms. The zero-order valence-electron chi connectivity index (χ0n) is 11.4. The number of carbonyl (C=O) groups excluding carboxylic acids is 1. The largest absolute Gasteiger partial charge is 0.496 e. The highest BCUT2D eigenvalue weighted by Crippen LogP contribution is 2.38. The van der Waals surface area contributed by atoms with Gasteiger partial charge in [0.15, 0.2) is 0 Å². The second-order valence-electron chi connectivity index (χ2n) is 4.65. The molecular weight excluding hydrogens is 216 g/mol. The highest BCUT2D eigenvalue weighted by molar-refractivity contribution is 5.88. The molecule has 0 unspecified atom stereocenters. The smallest absolute Gasteiger partial charge is 0.139 e. The Morgan fingerprint density at radius 2 is 1.76 bits per heavy atom. The molecule has 1 aromatic rings. The molecule has 1 aromatic carbocycles. The van der Waals surface area contributed by atoms with E-state index in [0.717, 1.165) is 22.6 Å². The van der Waals surface area contributed by atoms with Crippen molar-refractivity contribution in [3.05, 3.63) is 23.3 Å². The van der Waals surface area contributed by atoms with E-state index in [-0.39, 0.29) is 5.78 Å². The molecule has 3 heteroatoms. The minimum absolute atomic E-state index is 0.111. The van der Waals surface area contributed by atoms with Crippen molar-refractivity contribution in [3.8, 4) is 11.5 Å². The van der Waals surface area contributed by atoms with Gasteiger partial charge < -0.3 is 9.47 Å². The van der Waals surface area contributed by atoms with Crippen molar-refractivity contribution in [1.82, 2.24) is 0 Å². The van der Waals surface area contributed by atoms with E-state index < -0.39 is 5.41 Å². The van der Waals surface area contributed by atoms with Gasteiger partial charge in [-0.1, -0.05) is 6.07 Å². The Labute approximate surface area is 103 Å². The average Bonchev–Trinajstić information content (AvgIpc) is 2.28.